The van der Waals surface area contributed by atoms with Crippen molar-refractivity contribution >= 4 is 27.5 Å². The molecule has 0 amide bonds. The Hall–Kier alpha value is -1.03. The predicted octanol–water partition coefficient (Wildman–Crippen LogP) is 5.20. The van der Waals surface area contributed by atoms with Gasteiger partial charge in [0.2, 0.25) is 0 Å². The summed E-state index contributed by atoms with van der Waals surface area (Å²) in [6, 6.07) is 14.1. The molecule has 2 aromatic carbocycles. The SMILES string of the molecule is CCCNC(c1ccc(Br)cc1)c1cc(Cl)ccc1OC. The molecule has 0 saturated carbocycles. The third kappa shape index (κ3) is 4.22. The Morgan fingerprint density at radius 2 is 1.90 bits per heavy atom. The molecule has 0 bridgehead atoms. The fourth-order valence-corrected chi connectivity index (χ4v) is 2.73. The van der Waals surface area contributed by atoms with Gasteiger partial charge in [0, 0.05) is 15.1 Å². The molecule has 0 spiro atoms. The van der Waals surface area contributed by atoms with Gasteiger partial charge in [-0.25, -0.2) is 0 Å². The number of nitrogens with one attached hydrogen (secondary N) is 1. The monoisotopic (exact) mass is 367 g/mol. The van der Waals surface area contributed by atoms with Crippen LogP contribution in [-0.2, 0) is 0 Å². The van der Waals surface area contributed by atoms with Crippen molar-refractivity contribution in [3.8, 4) is 5.75 Å². The van der Waals surface area contributed by atoms with Crippen molar-refractivity contribution in [2.75, 3.05) is 13.7 Å². The number of hydrogen-bond donors (Lipinski definition) is 1. The molecule has 0 aliphatic rings. The molecule has 0 saturated heterocycles. The maximum absolute atomic E-state index is 6.17. The van der Waals surface area contributed by atoms with Crippen LogP contribution in [0.15, 0.2) is 46.9 Å². The van der Waals surface area contributed by atoms with E-state index in [-0.39, 0.29) is 6.04 Å². The van der Waals surface area contributed by atoms with E-state index in [4.69, 9.17) is 16.3 Å². The molecule has 1 N–H and O–H groups in total. The van der Waals surface area contributed by atoms with E-state index in [9.17, 15) is 0 Å². The molecule has 4 heteroatoms. The lowest BCUT2D eigenvalue weighted by atomic mass is 9.97. The van der Waals surface area contributed by atoms with Crippen molar-refractivity contribution in [2.45, 2.75) is 19.4 Å². The van der Waals surface area contributed by atoms with Crippen LogP contribution in [0.25, 0.3) is 0 Å². The van der Waals surface area contributed by atoms with Gasteiger partial charge < -0.3 is 10.1 Å². The zero-order valence-corrected chi connectivity index (χ0v) is 14.5. The Labute approximate surface area is 139 Å². The third-order valence-electron chi connectivity index (χ3n) is 3.30. The molecule has 1 atom stereocenters. The summed E-state index contributed by atoms with van der Waals surface area (Å²) < 4.78 is 6.57. The lowest BCUT2D eigenvalue weighted by Gasteiger charge is -2.22. The van der Waals surface area contributed by atoms with E-state index >= 15 is 0 Å². The van der Waals surface area contributed by atoms with Gasteiger partial charge in [-0.2, -0.15) is 0 Å². The quantitative estimate of drug-likeness (QED) is 0.756. The average molecular weight is 369 g/mol. The molecule has 0 aliphatic heterocycles. The second-order valence-corrected chi connectivity index (χ2v) is 6.18. The summed E-state index contributed by atoms with van der Waals surface area (Å²) in [6.45, 7) is 3.08. The van der Waals surface area contributed by atoms with Crippen molar-refractivity contribution in [3.63, 3.8) is 0 Å². The maximum Gasteiger partial charge on any atom is 0.124 e. The Morgan fingerprint density at radius 1 is 1.19 bits per heavy atom. The summed E-state index contributed by atoms with van der Waals surface area (Å²) in [7, 11) is 1.69. The highest BCUT2D eigenvalue weighted by molar-refractivity contribution is 9.10. The number of ether oxygens (including phenoxy) is 1. The van der Waals surface area contributed by atoms with Crippen molar-refractivity contribution in [1.29, 1.82) is 0 Å². The lowest BCUT2D eigenvalue weighted by molar-refractivity contribution is 0.404. The normalized spacial score (nSPS) is 12.2. The van der Waals surface area contributed by atoms with Gasteiger partial charge in [0.1, 0.15) is 5.75 Å². The largest absolute Gasteiger partial charge is 0.496 e. The van der Waals surface area contributed by atoms with Gasteiger partial charge in [-0.3, -0.25) is 0 Å². The first-order valence-corrected chi connectivity index (χ1v) is 8.15. The van der Waals surface area contributed by atoms with Gasteiger partial charge in [-0.15, -0.1) is 0 Å². The molecule has 0 aliphatic carbocycles. The summed E-state index contributed by atoms with van der Waals surface area (Å²) in [6.07, 6.45) is 1.07. The number of halogens is 2. The smallest absolute Gasteiger partial charge is 0.124 e. The number of benzene rings is 2. The van der Waals surface area contributed by atoms with E-state index in [0.717, 1.165) is 28.8 Å². The predicted molar refractivity (Wildman–Crippen MR) is 92.3 cm³/mol. The molecule has 0 fully saturated rings. The van der Waals surface area contributed by atoms with Crippen LogP contribution in [0.1, 0.15) is 30.5 Å². The van der Waals surface area contributed by atoms with Gasteiger partial charge in [0.05, 0.1) is 13.2 Å². The summed E-state index contributed by atoms with van der Waals surface area (Å²) in [5.74, 6) is 0.843. The highest BCUT2D eigenvalue weighted by atomic mass is 79.9. The number of hydrogen-bond acceptors (Lipinski definition) is 2. The Morgan fingerprint density at radius 3 is 2.52 bits per heavy atom. The molecule has 0 aromatic heterocycles. The Bertz CT molecular complexity index is 586. The van der Waals surface area contributed by atoms with Crippen LogP contribution >= 0.6 is 27.5 Å². The van der Waals surface area contributed by atoms with Gasteiger partial charge in [0.25, 0.3) is 0 Å². The number of methoxy groups -OCH3 is 1. The van der Waals surface area contributed by atoms with E-state index in [1.54, 1.807) is 7.11 Å². The molecule has 0 heterocycles. The van der Waals surface area contributed by atoms with Crippen molar-refractivity contribution in [3.05, 3.63) is 63.1 Å². The summed E-state index contributed by atoms with van der Waals surface area (Å²) in [5.41, 5.74) is 2.24. The van der Waals surface area contributed by atoms with Gasteiger partial charge in [0.15, 0.2) is 0 Å². The lowest BCUT2D eigenvalue weighted by Crippen LogP contribution is -2.23. The van der Waals surface area contributed by atoms with Crippen molar-refractivity contribution < 1.29 is 4.74 Å². The summed E-state index contributed by atoms with van der Waals surface area (Å²) in [4.78, 5) is 0. The fraction of sp³-hybridized carbons (Fsp3) is 0.294. The van der Waals surface area contributed by atoms with Crippen LogP contribution < -0.4 is 10.1 Å². The van der Waals surface area contributed by atoms with Gasteiger partial charge in [-0.05, 0) is 48.9 Å². The fourth-order valence-electron chi connectivity index (χ4n) is 2.28. The van der Waals surface area contributed by atoms with Crippen molar-refractivity contribution in [1.82, 2.24) is 5.32 Å². The maximum atomic E-state index is 6.17. The molecule has 2 rings (SSSR count). The Kier molecular flexibility index (Phi) is 6.09. The highest BCUT2D eigenvalue weighted by Gasteiger charge is 2.18. The minimum absolute atomic E-state index is 0.0618. The summed E-state index contributed by atoms with van der Waals surface area (Å²) >= 11 is 9.65. The zero-order valence-electron chi connectivity index (χ0n) is 12.2. The molecule has 2 nitrogen and oxygen atoms in total. The van der Waals surface area contributed by atoms with Crippen LogP contribution in [0.5, 0.6) is 5.75 Å². The van der Waals surface area contributed by atoms with Crippen LogP contribution in [-0.4, -0.2) is 13.7 Å². The van der Waals surface area contributed by atoms with E-state index in [1.165, 1.54) is 5.56 Å². The van der Waals surface area contributed by atoms with E-state index in [0.29, 0.717) is 5.02 Å². The first-order valence-electron chi connectivity index (χ1n) is 6.98. The minimum Gasteiger partial charge on any atom is -0.496 e. The Balaban J connectivity index is 2.44. The molecular formula is C17H19BrClNO. The van der Waals surface area contributed by atoms with E-state index in [1.807, 2.05) is 30.3 Å². The minimum atomic E-state index is 0.0618. The van der Waals surface area contributed by atoms with Crippen LogP contribution in [0, 0.1) is 0 Å². The van der Waals surface area contributed by atoms with Crippen LogP contribution in [0.2, 0.25) is 5.02 Å². The first-order chi connectivity index (χ1) is 10.2. The van der Waals surface area contributed by atoms with Crippen LogP contribution in [0.4, 0.5) is 0 Å². The molecule has 21 heavy (non-hydrogen) atoms. The highest BCUT2D eigenvalue weighted by Crippen LogP contribution is 2.32. The molecular weight excluding hydrogens is 350 g/mol. The third-order valence-corrected chi connectivity index (χ3v) is 4.07. The molecule has 2 aromatic rings. The topological polar surface area (TPSA) is 21.3 Å². The molecule has 112 valence electrons. The standard InChI is InChI=1S/C17H19BrClNO/c1-3-10-20-17(12-4-6-13(18)7-5-12)15-11-14(19)8-9-16(15)21-2/h4-9,11,17,20H,3,10H2,1-2H3. The molecule has 0 radical (unpaired) electrons. The second kappa shape index (κ2) is 7.83. The van der Waals surface area contributed by atoms with Gasteiger partial charge in [-0.1, -0.05) is 46.6 Å². The second-order valence-electron chi connectivity index (χ2n) is 4.82. The van der Waals surface area contributed by atoms with Crippen LogP contribution in [0.3, 0.4) is 0 Å². The first kappa shape index (κ1) is 16.3. The molecule has 1 unspecified atom stereocenters. The van der Waals surface area contributed by atoms with Gasteiger partial charge >= 0.3 is 0 Å². The average Bonchev–Trinajstić information content (AvgIpc) is 2.49. The van der Waals surface area contributed by atoms with Crippen molar-refractivity contribution in [2.24, 2.45) is 0 Å². The number of rotatable bonds is 6. The van der Waals surface area contributed by atoms with E-state index < -0.39 is 0 Å². The summed E-state index contributed by atoms with van der Waals surface area (Å²) in [5, 5.41) is 4.28. The zero-order chi connectivity index (χ0) is 15.2. The van der Waals surface area contributed by atoms with E-state index in [2.05, 4.69) is 40.3 Å².